The summed E-state index contributed by atoms with van der Waals surface area (Å²) in [6.07, 6.45) is 0.589. The van der Waals surface area contributed by atoms with Gasteiger partial charge in [0.25, 0.3) is 0 Å². The summed E-state index contributed by atoms with van der Waals surface area (Å²) >= 11 is 0. The first-order valence-corrected chi connectivity index (χ1v) is 7.46. The molecule has 0 spiro atoms. The van der Waals surface area contributed by atoms with E-state index < -0.39 is 17.7 Å². The van der Waals surface area contributed by atoms with E-state index in [9.17, 15) is 13.9 Å². The van der Waals surface area contributed by atoms with Gasteiger partial charge in [-0.05, 0) is 38.8 Å². The van der Waals surface area contributed by atoms with Gasteiger partial charge in [0.1, 0.15) is 11.6 Å². The van der Waals surface area contributed by atoms with Gasteiger partial charge in [-0.1, -0.05) is 6.07 Å². The molecule has 1 saturated heterocycles. The number of aliphatic hydroxyl groups excluding tert-OH is 1. The maximum absolute atomic E-state index is 13.8. The molecule has 1 fully saturated rings. The van der Waals surface area contributed by atoms with Gasteiger partial charge in [-0.25, -0.2) is 8.78 Å². The summed E-state index contributed by atoms with van der Waals surface area (Å²) in [5.74, 6) is -1.39. The molecule has 0 saturated carbocycles. The number of hydrogen-bond donors (Lipinski definition) is 1. The Labute approximate surface area is 124 Å². The van der Waals surface area contributed by atoms with Crippen LogP contribution in [0, 0.1) is 11.6 Å². The van der Waals surface area contributed by atoms with Crippen LogP contribution in [-0.4, -0.2) is 41.8 Å². The van der Waals surface area contributed by atoms with Crippen LogP contribution in [0.1, 0.15) is 38.4 Å². The van der Waals surface area contributed by atoms with Crippen molar-refractivity contribution in [3.63, 3.8) is 0 Å². The molecule has 1 atom stereocenters. The second kappa shape index (κ2) is 7.29. The molecule has 0 aliphatic carbocycles. The van der Waals surface area contributed by atoms with Crippen LogP contribution in [0.4, 0.5) is 8.78 Å². The largest absolute Gasteiger partial charge is 0.387 e. The van der Waals surface area contributed by atoms with Crippen molar-refractivity contribution < 1.29 is 18.6 Å². The fourth-order valence-corrected chi connectivity index (χ4v) is 2.92. The van der Waals surface area contributed by atoms with Gasteiger partial charge in [-0.3, -0.25) is 4.90 Å². The average Bonchev–Trinajstić information content (AvgIpc) is 2.45. The fourth-order valence-electron chi connectivity index (χ4n) is 2.92. The summed E-state index contributed by atoms with van der Waals surface area (Å²) < 4.78 is 32.9. The van der Waals surface area contributed by atoms with Gasteiger partial charge in [0.2, 0.25) is 0 Å². The lowest BCUT2D eigenvalue weighted by atomic mass is 10.0. The number of benzene rings is 1. The standard InChI is InChI=1S/C16H23F2NO2/c1-11(2)19(12-6-8-21-9-7-12)10-15(20)16-13(17)4-3-5-14(16)18/h3-5,11-12,15,20H,6-10H2,1-2H3. The van der Waals surface area contributed by atoms with Crippen LogP contribution >= 0.6 is 0 Å². The minimum Gasteiger partial charge on any atom is -0.387 e. The molecule has 0 radical (unpaired) electrons. The Morgan fingerprint density at radius 3 is 2.33 bits per heavy atom. The summed E-state index contributed by atoms with van der Waals surface area (Å²) in [7, 11) is 0. The normalized spacial score (nSPS) is 18.4. The zero-order chi connectivity index (χ0) is 15.4. The average molecular weight is 299 g/mol. The third-order valence-electron chi connectivity index (χ3n) is 4.04. The molecular weight excluding hydrogens is 276 g/mol. The Bertz CT molecular complexity index is 441. The highest BCUT2D eigenvalue weighted by Crippen LogP contribution is 2.25. The molecule has 2 rings (SSSR count). The Morgan fingerprint density at radius 2 is 1.81 bits per heavy atom. The summed E-state index contributed by atoms with van der Waals surface area (Å²) in [5.41, 5.74) is -0.241. The third kappa shape index (κ3) is 3.99. The minimum atomic E-state index is -1.17. The van der Waals surface area contributed by atoms with Gasteiger partial charge in [0, 0.05) is 31.8 Å². The fraction of sp³-hybridized carbons (Fsp3) is 0.625. The van der Waals surface area contributed by atoms with Gasteiger partial charge in [-0.15, -0.1) is 0 Å². The second-order valence-electron chi connectivity index (χ2n) is 5.79. The molecule has 1 aromatic rings. The van der Waals surface area contributed by atoms with E-state index in [0.29, 0.717) is 13.2 Å². The maximum atomic E-state index is 13.8. The molecular formula is C16H23F2NO2. The van der Waals surface area contributed by atoms with Crippen molar-refractivity contribution in [2.45, 2.75) is 44.9 Å². The van der Waals surface area contributed by atoms with Crippen molar-refractivity contribution in [2.75, 3.05) is 19.8 Å². The van der Waals surface area contributed by atoms with Gasteiger partial charge in [0.05, 0.1) is 11.7 Å². The molecule has 1 aliphatic heterocycles. The van der Waals surface area contributed by atoms with E-state index in [4.69, 9.17) is 4.74 Å². The number of ether oxygens (including phenoxy) is 1. The molecule has 5 heteroatoms. The zero-order valence-electron chi connectivity index (χ0n) is 12.6. The third-order valence-corrected chi connectivity index (χ3v) is 4.04. The van der Waals surface area contributed by atoms with Crippen molar-refractivity contribution in [3.05, 3.63) is 35.4 Å². The topological polar surface area (TPSA) is 32.7 Å². The van der Waals surface area contributed by atoms with E-state index in [0.717, 1.165) is 12.8 Å². The summed E-state index contributed by atoms with van der Waals surface area (Å²) in [6.45, 7) is 5.66. The van der Waals surface area contributed by atoms with Crippen molar-refractivity contribution in [2.24, 2.45) is 0 Å². The Morgan fingerprint density at radius 1 is 1.24 bits per heavy atom. The summed E-state index contributed by atoms with van der Waals surface area (Å²) in [5, 5.41) is 10.3. The number of halogens is 2. The maximum Gasteiger partial charge on any atom is 0.131 e. The van der Waals surface area contributed by atoms with Crippen LogP contribution in [0.15, 0.2) is 18.2 Å². The Hall–Kier alpha value is -1.04. The van der Waals surface area contributed by atoms with Gasteiger partial charge < -0.3 is 9.84 Å². The van der Waals surface area contributed by atoms with E-state index in [1.807, 2.05) is 13.8 Å². The molecule has 1 N–H and O–H groups in total. The number of rotatable bonds is 5. The number of aliphatic hydroxyl groups is 1. The molecule has 0 aromatic heterocycles. The lowest BCUT2D eigenvalue weighted by Gasteiger charge is -2.38. The lowest BCUT2D eigenvalue weighted by Crippen LogP contribution is -2.45. The molecule has 0 amide bonds. The SMILES string of the molecule is CC(C)N(CC(O)c1c(F)cccc1F)C1CCOCC1. The molecule has 118 valence electrons. The first kappa shape index (κ1) is 16.3. The van der Waals surface area contributed by atoms with Crippen molar-refractivity contribution in [1.82, 2.24) is 4.90 Å². The zero-order valence-corrected chi connectivity index (χ0v) is 12.6. The molecule has 0 bridgehead atoms. The van der Waals surface area contributed by atoms with Crippen LogP contribution < -0.4 is 0 Å². The van der Waals surface area contributed by atoms with Crippen LogP contribution in [0.5, 0.6) is 0 Å². The van der Waals surface area contributed by atoms with Crippen LogP contribution in [-0.2, 0) is 4.74 Å². The first-order chi connectivity index (χ1) is 10.0. The van der Waals surface area contributed by atoms with Crippen LogP contribution in [0.25, 0.3) is 0 Å². The molecule has 3 nitrogen and oxygen atoms in total. The van der Waals surface area contributed by atoms with E-state index in [-0.39, 0.29) is 24.2 Å². The minimum absolute atomic E-state index is 0.192. The van der Waals surface area contributed by atoms with Crippen LogP contribution in [0.2, 0.25) is 0 Å². The summed E-state index contributed by atoms with van der Waals surface area (Å²) in [6, 6.07) is 4.13. The van der Waals surface area contributed by atoms with E-state index in [2.05, 4.69) is 4.90 Å². The lowest BCUT2D eigenvalue weighted by molar-refractivity contribution is -0.000384. The van der Waals surface area contributed by atoms with Crippen LogP contribution in [0.3, 0.4) is 0 Å². The van der Waals surface area contributed by atoms with E-state index >= 15 is 0 Å². The predicted octanol–water partition coefficient (Wildman–Crippen LogP) is 2.89. The highest BCUT2D eigenvalue weighted by molar-refractivity contribution is 5.22. The quantitative estimate of drug-likeness (QED) is 0.907. The molecule has 1 aromatic carbocycles. The molecule has 1 unspecified atom stereocenters. The smallest absolute Gasteiger partial charge is 0.131 e. The molecule has 1 aliphatic rings. The molecule has 1 heterocycles. The van der Waals surface area contributed by atoms with Gasteiger partial charge >= 0.3 is 0 Å². The highest BCUT2D eigenvalue weighted by atomic mass is 19.1. The van der Waals surface area contributed by atoms with E-state index in [1.54, 1.807) is 0 Å². The Balaban J connectivity index is 2.12. The van der Waals surface area contributed by atoms with Crippen molar-refractivity contribution in [3.8, 4) is 0 Å². The predicted molar refractivity (Wildman–Crippen MR) is 77.0 cm³/mol. The van der Waals surface area contributed by atoms with Gasteiger partial charge in [-0.2, -0.15) is 0 Å². The number of nitrogens with zero attached hydrogens (tertiary/aromatic N) is 1. The monoisotopic (exact) mass is 299 g/mol. The molecule has 21 heavy (non-hydrogen) atoms. The number of hydrogen-bond acceptors (Lipinski definition) is 3. The summed E-state index contributed by atoms with van der Waals surface area (Å²) in [4.78, 5) is 2.11. The second-order valence-corrected chi connectivity index (χ2v) is 5.79. The van der Waals surface area contributed by atoms with E-state index in [1.165, 1.54) is 18.2 Å². The van der Waals surface area contributed by atoms with Gasteiger partial charge in [0.15, 0.2) is 0 Å². The highest BCUT2D eigenvalue weighted by Gasteiger charge is 2.28. The van der Waals surface area contributed by atoms with Crippen molar-refractivity contribution in [1.29, 1.82) is 0 Å². The first-order valence-electron chi connectivity index (χ1n) is 7.46. The van der Waals surface area contributed by atoms with Crippen molar-refractivity contribution >= 4 is 0 Å². The Kier molecular flexibility index (Phi) is 5.67.